The van der Waals surface area contributed by atoms with E-state index in [0.29, 0.717) is 6.42 Å². The van der Waals surface area contributed by atoms with Crippen molar-refractivity contribution in [3.63, 3.8) is 0 Å². The number of rotatable bonds is 0. The van der Waals surface area contributed by atoms with Crippen LogP contribution in [-0.2, 0) is 4.79 Å². The summed E-state index contributed by atoms with van der Waals surface area (Å²) in [7, 11) is 0. The molecule has 0 spiro atoms. The van der Waals surface area contributed by atoms with Gasteiger partial charge in [0.25, 0.3) is 5.91 Å². The summed E-state index contributed by atoms with van der Waals surface area (Å²) in [4.78, 5) is 10.3. The predicted molar refractivity (Wildman–Crippen MR) is 27.1 cm³/mol. The zero-order valence-electron chi connectivity index (χ0n) is 4.65. The van der Waals surface area contributed by atoms with E-state index in [4.69, 9.17) is 0 Å². The molecule has 1 aliphatic rings. The molecule has 1 aliphatic heterocycles. The van der Waals surface area contributed by atoms with Crippen molar-refractivity contribution < 1.29 is 9.18 Å². The van der Waals surface area contributed by atoms with Crippen molar-refractivity contribution >= 4 is 5.91 Å². The molecule has 1 amide bonds. The number of alkyl halides is 1. The second-order valence-electron chi connectivity index (χ2n) is 2.11. The molecule has 0 radical (unpaired) electrons. The third-order valence-corrected chi connectivity index (χ3v) is 1.23. The Kier molecular flexibility index (Phi) is 1.19. The van der Waals surface area contributed by atoms with Crippen molar-refractivity contribution in [2.45, 2.75) is 25.6 Å². The van der Waals surface area contributed by atoms with Crippen LogP contribution in [0, 0.1) is 0 Å². The minimum Gasteiger partial charge on any atom is -0.351 e. The second kappa shape index (κ2) is 1.73. The Balaban J connectivity index is 2.51. The first-order valence-electron chi connectivity index (χ1n) is 2.64. The van der Waals surface area contributed by atoms with Gasteiger partial charge in [0.05, 0.1) is 0 Å². The van der Waals surface area contributed by atoms with Gasteiger partial charge in [-0.2, -0.15) is 0 Å². The highest BCUT2D eigenvalue weighted by Crippen LogP contribution is 2.09. The van der Waals surface area contributed by atoms with Crippen molar-refractivity contribution in [1.29, 1.82) is 0 Å². The van der Waals surface area contributed by atoms with Crippen molar-refractivity contribution in [2.75, 3.05) is 0 Å². The molecule has 2 nitrogen and oxygen atoms in total. The fraction of sp³-hybridized carbons (Fsp3) is 0.800. The molecule has 0 aromatic rings. The van der Waals surface area contributed by atoms with Gasteiger partial charge in [0.1, 0.15) is 0 Å². The van der Waals surface area contributed by atoms with E-state index in [1.807, 2.05) is 0 Å². The molecule has 1 N–H and O–H groups in total. The summed E-state index contributed by atoms with van der Waals surface area (Å²) < 4.78 is 12.2. The first-order chi connectivity index (χ1) is 3.70. The molecular formula is C5H8FNO. The highest BCUT2D eigenvalue weighted by molar-refractivity contribution is 5.83. The number of carbonyl (C=O) groups excluding carboxylic acids is 1. The van der Waals surface area contributed by atoms with Gasteiger partial charge in [0.2, 0.25) is 0 Å². The molecule has 46 valence electrons. The van der Waals surface area contributed by atoms with Crippen LogP contribution in [0.3, 0.4) is 0 Å². The number of amides is 1. The number of halogens is 1. The van der Waals surface area contributed by atoms with E-state index in [-0.39, 0.29) is 6.04 Å². The minimum absolute atomic E-state index is 0.0255. The van der Waals surface area contributed by atoms with Crippen LogP contribution >= 0.6 is 0 Å². The van der Waals surface area contributed by atoms with Gasteiger partial charge in [0, 0.05) is 12.5 Å². The molecule has 3 heteroatoms. The van der Waals surface area contributed by atoms with Gasteiger partial charge in [-0.3, -0.25) is 4.79 Å². The highest BCUT2D eigenvalue weighted by atomic mass is 19.1. The predicted octanol–water partition coefficient (Wildman–Crippen LogP) is 0.233. The summed E-state index contributed by atoms with van der Waals surface area (Å²) in [6.45, 7) is 1.79. The quantitative estimate of drug-likeness (QED) is 0.483. The van der Waals surface area contributed by atoms with E-state index in [9.17, 15) is 9.18 Å². The summed E-state index contributed by atoms with van der Waals surface area (Å²) in [5.41, 5.74) is 0. The normalized spacial score (nSPS) is 37.5. The van der Waals surface area contributed by atoms with Gasteiger partial charge in [-0.25, -0.2) is 4.39 Å². The third-order valence-electron chi connectivity index (χ3n) is 1.23. The van der Waals surface area contributed by atoms with Crippen LogP contribution in [0.1, 0.15) is 13.3 Å². The van der Waals surface area contributed by atoms with E-state index in [0.717, 1.165) is 0 Å². The molecule has 0 bridgehead atoms. The lowest BCUT2D eigenvalue weighted by molar-refractivity contribution is -0.123. The van der Waals surface area contributed by atoms with Crippen molar-refractivity contribution in [3.8, 4) is 0 Å². The monoisotopic (exact) mass is 117 g/mol. The second-order valence-corrected chi connectivity index (χ2v) is 2.11. The summed E-state index contributed by atoms with van der Waals surface area (Å²) in [5.74, 6) is -0.461. The van der Waals surface area contributed by atoms with Crippen molar-refractivity contribution in [2.24, 2.45) is 0 Å². The van der Waals surface area contributed by atoms with Crippen LogP contribution in [-0.4, -0.2) is 18.1 Å². The van der Waals surface area contributed by atoms with E-state index >= 15 is 0 Å². The number of hydrogen-bond donors (Lipinski definition) is 1. The molecule has 0 aliphatic carbocycles. The highest BCUT2D eigenvalue weighted by Gasteiger charge is 2.28. The lowest BCUT2D eigenvalue weighted by Gasteiger charge is -1.94. The largest absolute Gasteiger partial charge is 0.351 e. The number of hydrogen-bond acceptors (Lipinski definition) is 1. The zero-order chi connectivity index (χ0) is 6.15. The molecule has 0 aromatic carbocycles. The van der Waals surface area contributed by atoms with E-state index < -0.39 is 12.1 Å². The Hall–Kier alpha value is -0.600. The standard InChI is InChI=1S/C5H8FNO/c1-3-2-4(6)5(8)7-3/h3-4H,2H2,1H3,(H,7,8)/t3-,4?/m1/s1. The third kappa shape index (κ3) is 0.804. The maximum atomic E-state index is 12.2. The fourth-order valence-electron chi connectivity index (χ4n) is 0.810. The van der Waals surface area contributed by atoms with Gasteiger partial charge in [-0.05, 0) is 6.92 Å². The van der Waals surface area contributed by atoms with E-state index in [1.165, 1.54) is 0 Å². The van der Waals surface area contributed by atoms with Gasteiger partial charge in [-0.1, -0.05) is 0 Å². The summed E-state index contributed by atoms with van der Waals surface area (Å²) >= 11 is 0. The van der Waals surface area contributed by atoms with Crippen LogP contribution < -0.4 is 5.32 Å². The van der Waals surface area contributed by atoms with Gasteiger partial charge in [-0.15, -0.1) is 0 Å². The average molecular weight is 117 g/mol. The molecule has 0 aromatic heterocycles. The first kappa shape index (κ1) is 5.54. The summed E-state index contributed by atoms with van der Waals surface area (Å²) in [6, 6.07) is 0.0255. The smallest absolute Gasteiger partial charge is 0.254 e. The molecule has 1 unspecified atom stereocenters. The molecule has 8 heavy (non-hydrogen) atoms. The van der Waals surface area contributed by atoms with Crippen LogP contribution in [0.25, 0.3) is 0 Å². The van der Waals surface area contributed by atoms with Crippen LogP contribution in [0.5, 0.6) is 0 Å². The first-order valence-corrected chi connectivity index (χ1v) is 2.64. The topological polar surface area (TPSA) is 29.1 Å². The Morgan fingerprint density at radius 2 is 2.50 bits per heavy atom. The summed E-state index contributed by atoms with van der Waals surface area (Å²) in [6.07, 6.45) is -0.927. The van der Waals surface area contributed by atoms with Crippen molar-refractivity contribution in [1.82, 2.24) is 5.32 Å². The average Bonchev–Trinajstić information content (AvgIpc) is 1.85. The molecule has 1 heterocycles. The molecule has 2 atom stereocenters. The van der Waals surface area contributed by atoms with Gasteiger partial charge < -0.3 is 5.32 Å². The summed E-state index contributed by atoms with van der Waals surface area (Å²) in [5, 5.41) is 2.45. The number of nitrogens with one attached hydrogen (secondary N) is 1. The Labute approximate surface area is 47.1 Å². The van der Waals surface area contributed by atoms with Crippen LogP contribution in [0.2, 0.25) is 0 Å². The van der Waals surface area contributed by atoms with Gasteiger partial charge >= 0.3 is 0 Å². The number of carbonyl (C=O) groups is 1. The minimum atomic E-state index is -1.26. The van der Waals surface area contributed by atoms with Crippen molar-refractivity contribution in [3.05, 3.63) is 0 Å². The van der Waals surface area contributed by atoms with Gasteiger partial charge in [0.15, 0.2) is 6.17 Å². The van der Waals surface area contributed by atoms with Crippen LogP contribution in [0.4, 0.5) is 4.39 Å². The maximum absolute atomic E-state index is 12.2. The fourth-order valence-corrected chi connectivity index (χ4v) is 0.810. The molecule has 1 fully saturated rings. The Morgan fingerprint density at radius 3 is 2.62 bits per heavy atom. The zero-order valence-corrected chi connectivity index (χ0v) is 4.65. The molecular weight excluding hydrogens is 109 g/mol. The Morgan fingerprint density at radius 1 is 1.88 bits per heavy atom. The molecule has 1 saturated heterocycles. The Bertz CT molecular complexity index is 115. The van der Waals surface area contributed by atoms with Crippen LogP contribution in [0.15, 0.2) is 0 Å². The van der Waals surface area contributed by atoms with E-state index in [1.54, 1.807) is 6.92 Å². The van der Waals surface area contributed by atoms with E-state index in [2.05, 4.69) is 5.32 Å². The maximum Gasteiger partial charge on any atom is 0.254 e. The lowest BCUT2D eigenvalue weighted by atomic mass is 10.2. The SMILES string of the molecule is C[C@@H]1CC(F)C(=O)N1. The molecule has 0 saturated carbocycles. The lowest BCUT2D eigenvalue weighted by Crippen LogP contribution is -2.24. The molecule has 1 rings (SSSR count).